The zero-order valence-corrected chi connectivity index (χ0v) is 19.4. The van der Waals surface area contributed by atoms with Gasteiger partial charge in [-0.1, -0.05) is 6.92 Å². The van der Waals surface area contributed by atoms with Gasteiger partial charge in [-0.2, -0.15) is 5.10 Å². The Hall–Kier alpha value is -0.680. The number of halogens is 1. The lowest BCUT2D eigenvalue weighted by molar-refractivity contribution is -0.133. The zero-order chi connectivity index (χ0) is 20.4. The smallest absolute Gasteiger partial charge is 0.157 e. The lowest BCUT2D eigenvalue weighted by Crippen LogP contribution is -2.51. The van der Waals surface area contributed by atoms with Crippen molar-refractivity contribution in [3.63, 3.8) is 0 Å². The lowest BCUT2D eigenvalue weighted by Gasteiger charge is -2.56. The monoisotopic (exact) mass is 462 g/mol. The maximum Gasteiger partial charge on any atom is 0.157 e. The third-order valence-corrected chi connectivity index (χ3v) is 9.95. The van der Waals surface area contributed by atoms with E-state index in [2.05, 4.69) is 28.0 Å². The number of hydrogen-bond acceptors (Lipinski definition) is 3. The van der Waals surface area contributed by atoms with Crippen LogP contribution in [0.2, 0.25) is 0 Å². The fourth-order valence-corrected chi connectivity index (χ4v) is 8.63. The maximum atomic E-state index is 13.2. The molecule has 1 aromatic rings. The molecule has 4 nitrogen and oxygen atoms in total. The first-order valence-corrected chi connectivity index (χ1v) is 12.5. The van der Waals surface area contributed by atoms with Gasteiger partial charge in [0.2, 0.25) is 0 Å². The second-order valence-corrected chi connectivity index (χ2v) is 12.1. The fraction of sp³-hybridized carbons (Fsp3) is 0.833. The van der Waals surface area contributed by atoms with Crippen LogP contribution < -0.4 is 0 Å². The molecular weight excluding hydrogens is 428 g/mol. The minimum atomic E-state index is -0.441. The molecule has 5 rings (SSSR count). The molecule has 8 atom stereocenters. The summed E-state index contributed by atoms with van der Waals surface area (Å²) in [6, 6.07) is 0. The number of ketones is 1. The number of fused-ring (bicyclic) bond motifs is 5. The quantitative estimate of drug-likeness (QED) is 0.668. The second kappa shape index (κ2) is 7.19. The van der Waals surface area contributed by atoms with Crippen molar-refractivity contribution in [1.82, 2.24) is 9.78 Å². The van der Waals surface area contributed by atoms with Gasteiger partial charge in [0.05, 0.1) is 22.8 Å². The number of hydrogen-bond donors (Lipinski definition) is 1. The molecule has 29 heavy (non-hydrogen) atoms. The molecule has 0 bridgehead atoms. The van der Waals surface area contributed by atoms with E-state index in [1.807, 2.05) is 13.1 Å². The summed E-state index contributed by atoms with van der Waals surface area (Å²) < 4.78 is 2.72. The van der Waals surface area contributed by atoms with Gasteiger partial charge >= 0.3 is 0 Å². The number of nitrogens with zero attached hydrogens (tertiary/aromatic N) is 2. The minimum absolute atomic E-state index is 0.176. The summed E-state index contributed by atoms with van der Waals surface area (Å²) in [5.41, 5.74) is -0.265. The summed E-state index contributed by atoms with van der Waals surface area (Å²) in [4.78, 5) is 13.2. The van der Waals surface area contributed by atoms with Crippen molar-refractivity contribution in [3.8, 4) is 0 Å². The minimum Gasteiger partial charge on any atom is -0.390 e. The molecule has 4 aliphatic rings. The first kappa shape index (κ1) is 20.2. The summed E-state index contributed by atoms with van der Waals surface area (Å²) in [6.45, 7) is 4.88. The van der Waals surface area contributed by atoms with Gasteiger partial charge in [-0.05, 0) is 116 Å². The first-order chi connectivity index (χ1) is 13.8. The van der Waals surface area contributed by atoms with E-state index in [0.717, 1.165) is 47.4 Å². The van der Waals surface area contributed by atoms with Crippen LogP contribution in [0.1, 0.15) is 71.6 Å². The first-order valence-electron chi connectivity index (χ1n) is 11.7. The van der Waals surface area contributed by atoms with Gasteiger partial charge in [0.1, 0.15) is 0 Å². The third kappa shape index (κ3) is 3.44. The van der Waals surface area contributed by atoms with Crippen molar-refractivity contribution in [2.75, 3.05) is 0 Å². The van der Waals surface area contributed by atoms with Crippen LogP contribution in [0.5, 0.6) is 0 Å². The third-order valence-electron chi connectivity index (χ3n) is 9.55. The number of carbonyl (C=O) groups excluding carboxylic acids is 1. The Kier molecular flexibility index (Phi) is 5.01. The Morgan fingerprint density at radius 3 is 2.69 bits per heavy atom. The van der Waals surface area contributed by atoms with Crippen LogP contribution in [0.25, 0.3) is 0 Å². The number of Topliss-reactive ketones (excluding diaryl/α,β-unsaturated/α-hetero) is 1. The molecule has 0 saturated heterocycles. The van der Waals surface area contributed by atoms with Crippen molar-refractivity contribution in [1.29, 1.82) is 0 Å². The lowest BCUT2D eigenvalue weighted by atomic mass is 9.49. The summed E-state index contributed by atoms with van der Waals surface area (Å²) in [7, 11) is 0. The molecule has 1 heterocycles. The predicted molar refractivity (Wildman–Crippen MR) is 116 cm³/mol. The molecule has 0 aromatic carbocycles. The number of aromatic nitrogens is 2. The van der Waals surface area contributed by atoms with E-state index in [9.17, 15) is 9.90 Å². The Morgan fingerprint density at radius 2 is 1.93 bits per heavy atom. The highest BCUT2D eigenvalue weighted by Gasteiger charge is 2.58. The molecule has 160 valence electrons. The molecule has 4 fully saturated rings. The normalized spacial score (nSPS) is 46.6. The van der Waals surface area contributed by atoms with E-state index in [4.69, 9.17) is 0 Å². The van der Waals surface area contributed by atoms with Gasteiger partial charge in [-0.15, -0.1) is 0 Å². The fourth-order valence-electron chi connectivity index (χ4n) is 8.31. The summed E-state index contributed by atoms with van der Waals surface area (Å²) in [6.07, 6.45) is 14.2. The van der Waals surface area contributed by atoms with Crippen molar-refractivity contribution < 1.29 is 9.90 Å². The van der Waals surface area contributed by atoms with Crippen LogP contribution in [0.4, 0.5) is 0 Å². The molecule has 1 aromatic heterocycles. The standard InChI is InChI=1S/C24H35BrN2O2/c1-23(29)9-7-17-15(11-23)3-4-19-18(17)8-10-24(2)20(19)5-6-21(24)22(28)14-27-13-16(25)12-26-27/h12-13,15,17-21,29H,3-11,14H2,1-2H3. The Morgan fingerprint density at radius 1 is 1.14 bits per heavy atom. The van der Waals surface area contributed by atoms with Gasteiger partial charge in [-0.3, -0.25) is 9.48 Å². The molecule has 1 N–H and O–H groups in total. The zero-order valence-electron chi connectivity index (χ0n) is 17.8. The highest BCUT2D eigenvalue weighted by molar-refractivity contribution is 9.10. The molecule has 5 heteroatoms. The van der Waals surface area contributed by atoms with Crippen molar-refractivity contribution >= 4 is 21.7 Å². The summed E-state index contributed by atoms with van der Waals surface area (Å²) in [5, 5.41) is 14.9. The molecule has 4 aliphatic carbocycles. The van der Waals surface area contributed by atoms with Crippen LogP contribution in [-0.2, 0) is 11.3 Å². The topological polar surface area (TPSA) is 55.1 Å². The largest absolute Gasteiger partial charge is 0.390 e. The maximum absolute atomic E-state index is 13.2. The van der Waals surface area contributed by atoms with Gasteiger partial charge in [0.25, 0.3) is 0 Å². The van der Waals surface area contributed by atoms with Gasteiger partial charge in [0, 0.05) is 12.1 Å². The highest BCUT2D eigenvalue weighted by Crippen LogP contribution is 2.64. The molecule has 0 radical (unpaired) electrons. The van der Waals surface area contributed by atoms with E-state index < -0.39 is 5.60 Å². The molecule has 0 aliphatic heterocycles. The Balaban J connectivity index is 1.31. The van der Waals surface area contributed by atoms with Crippen LogP contribution in [-0.4, -0.2) is 26.3 Å². The molecule has 4 saturated carbocycles. The predicted octanol–water partition coefficient (Wildman–Crippen LogP) is 5.23. The van der Waals surface area contributed by atoms with Crippen LogP contribution in [0.15, 0.2) is 16.9 Å². The van der Waals surface area contributed by atoms with E-state index in [1.54, 1.807) is 10.9 Å². The van der Waals surface area contributed by atoms with Crippen LogP contribution >= 0.6 is 15.9 Å². The molecular formula is C24H35BrN2O2. The molecule has 0 amide bonds. The van der Waals surface area contributed by atoms with Crippen molar-refractivity contribution in [3.05, 3.63) is 16.9 Å². The van der Waals surface area contributed by atoms with E-state index in [0.29, 0.717) is 18.2 Å². The number of aliphatic hydroxyl groups is 1. The SMILES string of the molecule is CC1(O)CCC2C(CCC3C2CCC2(C)C(C(=O)Cn4cc(Br)cn4)CCC32)C1. The summed E-state index contributed by atoms with van der Waals surface area (Å²) >= 11 is 3.43. The van der Waals surface area contributed by atoms with Gasteiger partial charge in [-0.25, -0.2) is 0 Å². The van der Waals surface area contributed by atoms with Gasteiger partial charge in [0.15, 0.2) is 5.78 Å². The van der Waals surface area contributed by atoms with E-state index in [1.165, 1.54) is 38.5 Å². The highest BCUT2D eigenvalue weighted by atomic mass is 79.9. The van der Waals surface area contributed by atoms with Gasteiger partial charge < -0.3 is 5.11 Å². The van der Waals surface area contributed by atoms with E-state index >= 15 is 0 Å². The van der Waals surface area contributed by atoms with Crippen molar-refractivity contribution in [2.45, 2.75) is 83.8 Å². The number of carbonyl (C=O) groups is 1. The molecule has 0 spiro atoms. The van der Waals surface area contributed by atoms with Crippen LogP contribution in [0, 0.1) is 40.9 Å². The van der Waals surface area contributed by atoms with E-state index in [-0.39, 0.29) is 11.3 Å². The van der Waals surface area contributed by atoms with Crippen LogP contribution in [0.3, 0.4) is 0 Å². The number of rotatable bonds is 3. The average molecular weight is 463 g/mol. The average Bonchev–Trinajstić information content (AvgIpc) is 3.22. The van der Waals surface area contributed by atoms with Crippen molar-refractivity contribution in [2.24, 2.45) is 40.9 Å². The molecule has 8 unspecified atom stereocenters. The Labute approximate surface area is 183 Å². The summed E-state index contributed by atoms with van der Waals surface area (Å²) in [5.74, 6) is 4.46. The Bertz CT molecular complexity index is 790. The second-order valence-electron chi connectivity index (χ2n) is 11.2.